The van der Waals surface area contributed by atoms with Gasteiger partial charge in [-0.05, 0) is 36.4 Å². The molecule has 34 heavy (non-hydrogen) atoms. The highest BCUT2D eigenvalue weighted by Crippen LogP contribution is 2.34. The average Bonchev–Trinajstić information content (AvgIpc) is 3.52. The maximum absolute atomic E-state index is 14.8. The zero-order valence-corrected chi connectivity index (χ0v) is 17.6. The molecule has 0 unspecified atom stereocenters. The molecule has 0 radical (unpaired) electrons. The maximum atomic E-state index is 14.8. The topological polar surface area (TPSA) is 95.9 Å². The lowest BCUT2D eigenvalue weighted by Gasteiger charge is -2.09. The molecule has 0 bridgehead atoms. The third kappa shape index (κ3) is 3.71. The van der Waals surface area contributed by atoms with Gasteiger partial charge in [0.25, 0.3) is 5.89 Å². The lowest BCUT2D eigenvalue weighted by atomic mass is 10.1. The van der Waals surface area contributed by atoms with Gasteiger partial charge in [-0.3, -0.25) is 0 Å². The first-order valence-electron chi connectivity index (χ1n) is 10.0. The quantitative estimate of drug-likeness (QED) is 0.351. The summed E-state index contributed by atoms with van der Waals surface area (Å²) in [5, 5.41) is 12.1. The standard InChI is InChI=1S/C24H15F2N5O3/c1-33-24(32)15-8-6-7-14(13-15)22-27-23(34-29-22)20-21(16-9-2-3-10-17(16)25)31(30-28-20)19-12-5-4-11-18(19)26/h2-13H,1H3. The summed E-state index contributed by atoms with van der Waals surface area (Å²) in [6, 6.07) is 18.4. The summed E-state index contributed by atoms with van der Waals surface area (Å²) in [5.74, 6) is -1.53. The Labute approximate surface area is 191 Å². The molecule has 0 spiro atoms. The minimum absolute atomic E-state index is 0.0562. The van der Waals surface area contributed by atoms with Crippen molar-refractivity contribution in [2.45, 2.75) is 0 Å². The van der Waals surface area contributed by atoms with Crippen LogP contribution in [-0.4, -0.2) is 38.2 Å². The number of halogens is 2. The van der Waals surface area contributed by atoms with Crippen molar-refractivity contribution >= 4 is 5.97 Å². The minimum Gasteiger partial charge on any atom is -0.465 e. The molecule has 0 aliphatic heterocycles. The van der Waals surface area contributed by atoms with Gasteiger partial charge in [0.1, 0.15) is 23.0 Å². The van der Waals surface area contributed by atoms with Crippen LogP contribution >= 0.6 is 0 Å². The number of para-hydroxylation sites is 1. The molecule has 2 heterocycles. The molecular formula is C24H15F2N5O3. The Morgan fingerprint density at radius 3 is 2.50 bits per heavy atom. The Bertz CT molecular complexity index is 1510. The fourth-order valence-electron chi connectivity index (χ4n) is 3.45. The molecule has 2 aromatic heterocycles. The van der Waals surface area contributed by atoms with Crippen molar-refractivity contribution in [1.29, 1.82) is 0 Å². The van der Waals surface area contributed by atoms with Crippen molar-refractivity contribution in [3.8, 4) is 39.9 Å². The zero-order valence-electron chi connectivity index (χ0n) is 17.6. The Kier molecular flexibility index (Phi) is 5.38. The van der Waals surface area contributed by atoms with E-state index in [-0.39, 0.29) is 34.4 Å². The molecule has 0 atom stereocenters. The van der Waals surface area contributed by atoms with Crippen LogP contribution in [0.2, 0.25) is 0 Å². The van der Waals surface area contributed by atoms with Crippen LogP contribution in [0.5, 0.6) is 0 Å². The van der Waals surface area contributed by atoms with E-state index >= 15 is 0 Å². The molecular weight excluding hydrogens is 444 g/mol. The van der Waals surface area contributed by atoms with Crippen LogP contribution in [0, 0.1) is 11.6 Å². The molecule has 168 valence electrons. The zero-order chi connectivity index (χ0) is 23.7. The second-order valence-electron chi connectivity index (χ2n) is 7.13. The summed E-state index contributed by atoms with van der Waals surface area (Å²) < 4.78 is 40.7. The van der Waals surface area contributed by atoms with Gasteiger partial charge in [0.05, 0.1) is 12.7 Å². The van der Waals surface area contributed by atoms with Gasteiger partial charge in [0.2, 0.25) is 5.82 Å². The smallest absolute Gasteiger partial charge is 0.337 e. The van der Waals surface area contributed by atoms with Gasteiger partial charge >= 0.3 is 5.97 Å². The number of aromatic nitrogens is 5. The van der Waals surface area contributed by atoms with E-state index in [9.17, 15) is 13.6 Å². The molecule has 0 aliphatic carbocycles. The summed E-state index contributed by atoms with van der Waals surface area (Å²) >= 11 is 0. The highest BCUT2D eigenvalue weighted by atomic mass is 19.1. The van der Waals surface area contributed by atoms with E-state index in [2.05, 4.69) is 20.5 Å². The fourth-order valence-corrected chi connectivity index (χ4v) is 3.45. The number of hydrogen-bond acceptors (Lipinski definition) is 7. The van der Waals surface area contributed by atoms with Crippen molar-refractivity contribution in [1.82, 2.24) is 25.1 Å². The van der Waals surface area contributed by atoms with Gasteiger partial charge in [-0.2, -0.15) is 4.98 Å². The number of hydrogen-bond donors (Lipinski definition) is 0. The summed E-state index contributed by atoms with van der Waals surface area (Å²) in [5.41, 5.74) is 1.21. The van der Waals surface area contributed by atoms with Gasteiger partial charge in [-0.15, -0.1) is 5.10 Å². The monoisotopic (exact) mass is 459 g/mol. The Balaban J connectivity index is 1.65. The highest BCUT2D eigenvalue weighted by Gasteiger charge is 2.26. The maximum Gasteiger partial charge on any atom is 0.337 e. The van der Waals surface area contributed by atoms with E-state index in [4.69, 9.17) is 9.26 Å². The lowest BCUT2D eigenvalue weighted by Crippen LogP contribution is -2.03. The van der Waals surface area contributed by atoms with E-state index in [1.165, 1.54) is 48.2 Å². The summed E-state index contributed by atoms with van der Waals surface area (Å²) in [7, 11) is 1.28. The molecule has 0 amide bonds. The van der Waals surface area contributed by atoms with Crippen LogP contribution in [0.25, 0.3) is 39.9 Å². The minimum atomic E-state index is -0.567. The first-order valence-corrected chi connectivity index (χ1v) is 10.0. The predicted molar refractivity (Wildman–Crippen MR) is 117 cm³/mol. The molecule has 3 aromatic carbocycles. The van der Waals surface area contributed by atoms with Gasteiger partial charge in [0, 0.05) is 11.1 Å². The Morgan fingerprint density at radius 2 is 1.74 bits per heavy atom. The third-order valence-corrected chi connectivity index (χ3v) is 5.05. The SMILES string of the molecule is COC(=O)c1cccc(-c2noc(-c3nnn(-c4ccccc4F)c3-c3ccccc3F)n2)c1. The molecule has 0 N–H and O–H groups in total. The van der Waals surface area contributed by atoms with Crippen LogP contribution in [0.4, 0.5) is 8.78 Å². The summed E-state index contributed by atoms with van der Waals surface area (Å²) in [6.07, 6.45) is 0. The molecule has 5 rings (SSSR count). The number of benzene rings is 3. The van der Waals surface area contributed by atoms with Crippen molar-refractivity contribution < 1.29 is 22.8 Å². The summed E-state index contributed by atoms with van der Waals surface area (Å²) in [4.78, 5) is 16.2. The number of carbonyl (C=O) groups excluding carboxylic acids is 1. The van der Waals surface area contributed by atoms with Gasteiger partial charge in [-0.25, -0.2) is 18.3 Å². The molecule has 0 saturated heterocycles. The van der Waals surface area contributed by atoms with Crippen molar-refractivity contribution in [3.63, 3.8) is 0 Å². The molecule has 5 aromatic rings. The molecule has 8 nitrogen and oxygen atoms in total. The molecule has 0 aliphatic rings. The van der Waals surface area contributed by atoms with Crippen molar-refractivity contribution in [2.24, 2.45) is 0 Å². The average molecular weight is 459 g/mol. The number of nitrogens with zero attached hydrogens (tertiary/aromatic N) is 5. The first-order chi connectivity index (χ1) is 16.6. The fraction of sp³-hybridized carbons (Fsp3) is 0.0417. The molecule has 0 saturated carbocycles. The van der Waals surface area contributed by atoms with Crippen LogP contribution in [0.15, 0.2) is 77.3 Å². The van der Waals surface area contributed by atoms with E-state index in [1.807, 2.05) is 0 Å². The van der Waals surface area contributed by atoms with Gasteiger partial charge < -0.3 is 9.26 Å². The van der Waals surface area contributed by atoms with Crippen LogP contribution < -0.4 is 0 Å². The number of carbonyl (C=O) groups is 1. The lowest BCUT2D eigenvalue weighted by molar-refractivity contribution is 0.0600. The first kappa shape index (κ1) is 21.1. The highest BCUT2D eigenvalue weighted by molar-refractivity contribution is 5.90. The van der Waals surface area contributed by atoms with Crippen LogP contribution in [-0.2, 0) is 4.74 Å². The van der Waals surface area contributed by atoms with Crippen molar-refractivity contribution in [2.75, 3.05) is 7.11 Å². The van der Waals surface area contributed by atoms with Gasteiger partial charge in [0.15, 0.2) is 5.69 Å². The second kappa shape index (κ2) is 8.66. The summed E-state index contributed by atoms with van der Waals surface area (Å²) in [6.45, 7) is 0. The van der Waals surface area contributed by atoms with E-state index in [1.54, 1.807) is 36.4 Å². The van der Waals surface area contributed by atoms with Crippen LogP contribution in [0.3, 0.4) is 0 Å². The third-order valence-electron chi connectivity index (χ3n) is 5.05. The van der Waals surface area contributed by atoms with E-state index in [0.717, 1.165) is 0 Å². The van der Waals surface area contributed by atoms with Crippen molar-refractivity contribution in [3.05, 3.63) is 90.0 Å². The number of methoxy groups -OCH3 is 1. The number of esters is 1. The normalized spacial score (nSPS) is 10.9. The molecule has 0 fully saturated rings. The Morgan fingerprint density at radius 1 is 0.971 bits per heavy atom. The van der Waals surface area contributed by atoms with Crippen LogP contribution in [0.1, 0.15) is 10.4 Å². The number of ether oxygens (including phenoxy) is 1. The van der Waals surface area contributed by atoms with Gasteiger partial charge in [-0.1, -0.05) is 46.8 Å². The van der Waals surface area contributed by atoms with E-state index in [0.29, 0.717) is 11.1 Å². The number of rotatable bonds is 5. The second-order valence-corrected chi connectivity index (χ2v) is 7.13. The Hall–Kier alpha value is -4.73. The largest absolute Gasteiger partial charge is 0.465 e. The van der Waals surface area contributed by atoms with E-state index < -0.39 is 17.6 Å². The predicted octanol–water partition coefficient (Wildman–Crippen LogP) is 4.72. The molecule has 10 heteroatoms.